The second kappa shape index (κ2) is 8.75. The zero-order valence-electron chi connectivity index (χ0n) is 15.8. The lowest BCUT2D eigenvalue weighted by atomic mass is 9.96. The van der Waals surface area contributed by atoms with Gasteiger partial charge in [0.1, 0.15) is 0 Å². The third kappa shape index (κ3) is 4.26. The Morgan fingerprint density at radius 1 is 1.18 bits per heavy atom. The van der Waals surface area contributed by atoms with Crippen molar-refractivity contribution in [1.29, 1.82) is 0 Å². The van der Waals surface area contributed by atoms with Gasteiger partial charge in [-0.3, -0.25) is 9.59 Å². The number of hydrogen-bond acceptors (Lipinski definition) is 5. The van der Waals surface area contributed by atoms with Crippen LogP contribution in [0.25, 0.3) is 0 Å². The highest BCUT2D eigenvalue weighted by molar-refractivity contribution is 5.84. The molecule has 2 N–H and O–H groups in total. The minimum atomic E-state index is -1.02. The van der Waals surface area contributed by atoms with Gasteiger partial charge >= 0.3 is 5.97 Å². The quantitative estimate of drug-likeness (QED) is 0.761. The monoisotopic (exact) mass is 385 g/mol. The highest BCUT2D eigenvalue weighted by atomic mass is 16.5. The molecule has 148 valence electrons. The van der Waals surface area contributed by atoms with Crippen molar-refractivity contribution >= 4 is 11.9 Å². The van der Waals surface area contributed by atoms with Crippen molar-refractivity contribution in [3.05, 3.63) is 59.2 Å². The summed E-state index contributed by atoms with van der Waals surface area (Å²) in [5, 5.41) is 12.1. The molecule has 1 aliphatic heterocycles. The molecule has 0 aromatic heterocycles. The maximum atomic E-state index is 12.9. The Morgan fingerprint density at radius 3 is 2.64 bits per heavy atom. The topological polar surface area (TPSA) is 94.1 Å². The first-order valence-electron chi connectivity index (χ1n) is 8.97. The van der Waals surface area contributed by atoms with Gasteiger partial charge in [-0.2, -0.15) is 0 Å². The highest BCUT2D eigenvalue weighted by Gasteiger charge is 2.30. The van der Waals surface area contributed by atoms with Gasteiger partial charge in [-0.1, -0.05) is 30.3 Å². The minimum absolute atomic E-state index is 0.268. The van der Waals surface area contributed by atoms with Crippen molar-refractivity contribution in [3.8, 4) is 11.5 Å². The lowest BCUT2D eigenvalue weighted by molar-refractivity contribution is -0.139. The number of carbonyl (C=O) groups excluding carboxylic acids is 1. The van der Waals surface area contributed by atoms with Crippen LogP contribution in [0, 0.1) is 0 Å². The number of carboxylic acids is 1. The number of carboxylic acid groups (broad SMARTS) is 1. The van der Waals surface area contributed by atoms with Crippen LogP contribution in [0.4, 0.5) is 0 Å². The SMILES string of the molecule is COc1ccc(C(CC(=O)O)NC(=O)C2OCCc3ccccc32)cc1OC. The first kappa shape index (κ1) is 19.7. The molecule has 0 aliphatic carbocycles. The molecule has 2 aromatic carbocycles. The molecule has 0 spiro atoms. The first-order chi connectivity index (χ1) is 13.5. The maximum Gasteiger partial charge on any atom is 0.305 e. The van der Waals surface area contributed by atoms with Crippen LogP contribution in [0.2, 0.25) is 0 Å². The molecule has 7 heteroatoms. The molecule has 2 unspecified atom stereocenters. The fourth-order valence-electron chi connectivity index (χ4n) is 3.35. The molecule has 0 fully saturated rings. The number of fused-ring (bicyclic) bond motifs is 1. The summed E-state index contributed by atoms with van der Waals surface area (Å²) in [5.74, 6) is -0.404. The van der Waals surface area contributed by atoms with Crippen LogP contribution >= 0.6 is 0 Å². The summed E-state index contributed by atoms with van der Waals surface area (Å²) >= 11 is 0. The van der Waals surface area contributed by atoms with Gasteiger partial charge in [0.15, 0.2) is 17.6 Å². The lowest BCUT2D eigenvalue weighted by Crippen LogP contribution is -2.37. The van der Waals surface area contributed by atoms with Crippen LogP contribution in [-0.2, 0) is 20.7 Å². The average Bonchev–Trinajstić information content (AvgIpc) is 2.71. The van der Waals surface area contributed by atoms with Crippen LogP contribution in [0.15, 0.2) is 42.5 Å². The highest BCUT2D eigenvalue weighted by Crippen LogP contribution is 2.32. The van der Waals surface area contributed by atoms with Gasteiger partial charge in [0.25, 0.3) is 5.91 Å². The molecule has 1 heterocycles. The Hall–Kier alpha value is -3.06. The fraction of sp³-hybridized carbons (Fsp3) is 0.333. The normalized spacial score (nSPS) is 16.6. The molecule has 2 aromatic rings. The summed E-state index contributed by atoms with van der Waals surface area (Å²) in [5.41, 5.74) is 2.49. The zero-order chi connectivity index (χ0) is 20.1. The predicted molar refractivity (Wildman–Crippen MR) is 102 cm³/mol. The van der Waals surface area contributed by atoms with Gasteiger partial charge in [0.05, 0.1) is 33.3 Å². The maximum absolute atomic E-state index is 12.9. The molecular formula is C21H23NO6. The Labute approximate surface area is 163 Å². The molecule has 1 aliphatic rings. The Morgan fingerprint density at radius 2 is 1.93 bits per heavy atom. The van der Waals surface area contributed by atoms with Crippen molar-refractivity contribution < 1.29 is 28.9 Å². The molecule has 3 rings (SSSR count). The van der Waals surface area contributed by atoms with E-state index in [0.29, 0.717) is 23.7 Å². The number of carbonyl (C=O) groups is 2. The van der Waals surface area contributed by atoms with E-state index in [9.17, 15) is 14.7 Å². The Bertz CT molecular complexity index is 866. The van der Waals surface area contributed by atoms with Gasteiger partial charge in [-0.05, 0) is 35.2 Å². The van der Waals surface area contributed by atoms with E-state index in [0.717, 1.165) is 17.5 Å². The smallest absolute Gasteiger partial charge is 0.305 e. The van der Waals surface area contributed by atoms with E-state index in [4.69, 9.17) is 14.2 Å². The summed E-state index contributed by atoms with van der Waals surface area (Å²) in [6.45, 7) is 0.440. The molecule has 0 bridgehead atoms. The van der Waals surface area contributed by atoms with Crippen molar-refractivity contribution in [2.24, 2.45) is 0 Å². The molecular weight excluding hydrogens is 362 g/mol. The molecule has 0 saturated heterocycles. The molecule has 28 heavy (non-hydrogen) atoms. The standard InChI is InChI=1S/C21H23NO6/c1-26-17-8-7-14(11-18(17)27-2)16(12-19(23)24)22-21(25)20-15-6-4-3-5-13(15)9-10-28-20/h3-8,11,16,20H,9-10,12H2,1-2H3,(H,22,25)(H,23,24). The Balaban J connectivity index is 1.86. The number of hydrogen-bond donors (Lipinski definition) is 2. The lowest BCUT2D eigenvalue weighted by Gasteiger charge is -2.27. The van der Waals surface area contributed by atoms with Crippen molar-refractivity contribution in [1.82, 2.24) is 5.32 Å². The van der Waals surface area contributed by atoms with E-state index in [1.807, 2.05) is 24.3 Å². The third-order valence-electron chi connectivity index (χ3n) is 4.74. The number of ether oxygens (including phenoxy) is 3. The summed E-state index contributed by atoms with van der Waals surface area (Å²) < 4.78 is 16.2. The van der Waals surface area contributed by atoms with Gasteiger partial charge in [-0.25, -0.2) is 0 Å². The van der Waals surface area contributed by atoms with Crippen LogP contribution in [-0.4, -0.2) is 37.8 Å². The second-order valence-electron chi connectivity index (χ2n) is 6.47. The van der Waals surface area contributed by atoms with Crippen molar-refractivity contribution in [2.75, 3.05) is 20.8 Å². The molecule has 7 nitrogen and oxygen atoms in total. The van der Waals surface area contributed by atoms with E-state index in [2.05, 4.69) is 5.32 Å². The molecule has 0 radical (unpaired) electrons. The molecule has 2 atom stereocenters. The van der Waals surface area contributed by atoms with Crippen LogP contribution in [0.3, 0.4) is 0 Å². The van der Waals surface area contributed by atoms with E-state index < -0.39 is 18.1 Å². The number of amides is 1. The van der Waals surface area contributed by atoms with Gasteiger partial charge in [0.2, 0.25) is 0 Å². The number of aliphatic carboxylic acids is 1. The summed E-state index contributed by atoms with van der Waals surface area (Å²) in [4.78, 5) is 24.3. The molecule has 1 amide bonds. The average molecular weight is 385 g/mol. The van der Waals surface area contributed by atoms with E-state index >= 15 is 0 Å². The Kier molecular flexibility index (Phi) is 6.16. The van der Waals surface area contributed by atoms with Gasteiger partial charge in [0, 0.05) is 0 Å². The van der Waals surface area contributed by atoms with Crippen molar-refractivity contribution in [3.63, 3.8) is 0 Å². The van der Waals surface area contributed by atoms with Crippen LogP contribution in [0.5, 0.6) is 11.5 Å². The van der Waals surface area contributed by atoms with E-state index in [1.54, 1.807) is 18.2 Å². The largest absolute Gasteiger partial charge is 0.493 e. The predicted octanol–water partition coefficient (Wildman–Crippen LogP) is 2.65. The summed E-state index contributed by atoms with van der Waals surface area (Å²) in [6, 6.07) is 12.0. The zero-order valence-corrected chi connectivity index (χ0v) is 15.8. The fourth-order valence-corrected chi connectivity index (χ4v) is 3.35. The number of methoxy groups -OCH3 is 2. The second-order valence-corrected chi connectivity index (χ2v) is 6.47. The van der Waals surface area contributed by atoms with Crippen LogP contribution < -0.4 is 14.8 Å². The van der Waals surface area contributed by atoms with Crippen LogP contribution in [0.1, 0.15) is 35.3 Å². The van der Waals surface area contributed by atoms with Crippen molar-refractivity contribution in [2.45, 2.75) is 25.0 Å². The third-order valence-corrected chi connectivity index (χ3v) is 4.74. The molecule has 0 saturated carbocycles. The summed E-state index contributed by atoms with van der Waals surface area (Å²) in [6.07, 6.45) is -0.287. The van der Waals surface area contributed by atoms with Gasteiger partial charge in [-0.15, -0.1) is 0 Å². The number of rotatable bonds is 7. The van der Waals surface area contributed by atoms with E-state index in [-0.39, 0.29) is 12.3 Å². The number of benzene rings is 2. The minimum Gasteiger partial charge on any atom is -0.493 e. The van der Waals surface area contributed by atoms with Gasteiger partial charge < -0.3 is 24.6 Å². The first-order valence-corrected chi connectivity index (χ1v) is 8.97. The van der Waals surface area contributed by atoms with E-state index in [1.165, 1.54) is 14.2 Å². The summed E-state index contributed by atoms with van der Waals surface area (Å²) in [7, 11) is 3.02. The number of nitrogens with one attached hydrogen (secondary N) is 1.